The van der Waals surface area contributed by atoms with Crippen molar-refractivity contribution in [3.63, 3.8) is 0 Å². The molecule has 0 spiro atoms. The molecule has 4 nitrogen and oxygen atoms in total. The van der Waals surface area contributed by atoms with Crippen LogP contribution in [0, 0.1) is 5.92 Å². The van der Waals surface area contributed by atoms with E-state index in [2.05, 4.69) is 32.7 Å². The van der Waals surface area contributed by atoms with Crippen molar-refractivity contribution < 1.29 is 14.3 Å². The maximum absolute atomic E-state index is 12.3. The van der Waals surface area contributed by atoms with Crippen molar-refractivity contribution in [2.45, 2.75) is 45.1 Å². The number of rotatable bonds is 11. The minimum atomic E-state index is -0.600. The van der Waals surface area contributed by atoms with Gasteiger partial charge in [-0.25, -0.2) is 0 Å². The second-order valence-electron chi connectivity index (χ2n) is 8.35. The zero-order chi connectivity index (χ0) is 23.2. The normalized spacial score (nSPS) is 14.4. The molecule has 170 valence electrons. The molecule has 6 heteroatoms. The van der Waals surface area contributed by atoms with Crippen molar-refractivity contribution in [1.29, 1.82) is 0 Å². The first-order chi connectivity index (χ1) is 14.7. The molecule has 2 unspecified atom stereocenters. The molecule has 0 aliphatic heterocycles. The van der Waals surface area contributed by atoms with Crippen LogP contribution >= 0.6 is 23.2 Å². The molecule has 0 fully saturated rings. The highest BCUT2D eigenvalue weighted by atomic mass is 35.5. The summed E-state index contributed by atoms with van der Waals surface area (Å²) in [6, 6.07) is 11.6. The van der Waals surface area contributed by atoms with Crippen LogP contribution in [0.15, 0.2) is 36.4 Å². The van der Waals surface area contributed by atoms with Gasteiger partial charge < -0.3 is 14.3 Å². The van der Waals surface area contributed by atoms with Crippen LogP contribution in [0.2, 0.25) is 10.0 Å². The van der Waals surface area contributed by atoms with Crippen LogP contribution in [0.5, 0.6) is 11.5 Å². The van der Waals surface area contributed by atoms with Crippen molar-refractivity contribution in [1.82, 2.24) is 4.90 Å². The number of hydrogen-bond donors (Lipinski definition) is 0. The van der Waals surface area contributed by atoms with Gasteiger partial charge in [-0.2, -0.15) is 0 Å². The molecule has 2 atom stereocenters. The third kappa shape index (κ3) is 5.94. The van der Waals surface area contributed by atoms with Gasteiger partial charge in [-0.05, 0) is 74.7 Å². The summed E-state index contributed by atoms with van der Waals surface area (Å²) in [4.78, 5) is 14.6. The fourth-order valence-corrected chi connectivity index (χ4v) is 4.25. The summed E-state index contributed by atoms with van der Waals surface area (Å²) < 4.78 is 10.8. The summed E-state index contributed by atoms with van der Waals surface area (Å²) in [5.41, 5.74) is 1.44. The van der Waals surface area contributed by atoms with E-state index in [0.29, 0.717) is 10.0 Å². The van der Waals surface area contributed by atoms with Gasteiger partial charge in [-0.3, -0.25) is 4.90 Å². The Kier molecular flexibility index (Phi) is 9.23. The molecule has 31 heavy (non-hydrogen) atoms. The maximum Gasteiger partial charge on any atom is 0.130 e. The lowest BCUT2D eigenvalue weighted by atomic mass is 9.70. The summed E-state index contributed by atoms with van der Waals surface area (Å²) >= 11 is 12.3. The van der Waals surface area contributed by atoms with Crippen molar-refractivity contribution in [2.75, 3.05) is 27.8 Å². The summed E-state index contributed by atoms with van der Waals surface area (Å²) in [7, 11) is 5.40. The number of methoxy groups -OCH3 is 2. The van der Waals surface area contributed by atoms with Crippen LogP contribution in [0.25, 0.3) is 0 Å². The van der Waals surface area contributed by atoms with Crippen molar-refractivity contribution in [3.8, 4) is 11.5 Å². The van der Waals surface area contributed by atoms with Gasteiger partial charge in [0.25, 0.3) is 0 Å². The molecule has 2 aromatic carbocycles. The molecule has 0 saturated carbocycles. The van der Waals surface area contributed by atoms with Crippen LogP contribution in [0.1, 0.15) is 50.8 Å². The average molecular weight is 466 g/mol. The Morgan fingerprint density at radius 3 is 2.10 bits per heavy atom. The Bertz CT molecular complexity index is 865. The summed E-state index contributed by atoms with van der Waals surface area (Å²) in [6.45, 7) is 7.14. The number of hydrogen-bond acceptors (Lipinski definition) is 4. The lowest BCUT2D eigenvalue weighted by Crippen LogP contribution is -2.35. The number of carbonyl (C=O) groups is 1. The van der Waals surface area contributed by atoms with Crippen LogP contribution in [-0.2, 0) is 10.2 Å². The maximum atomic E-state index is 12.3. The second-order valence-corrected chi connectivity index (χ2v) is 9.16. The van der Waals surface area contributed by atoms with E-state index in [1.54, 1.807) is 20.3 Å². The Labute approximate surface area is 196 Å². The summed E-state index contributed by atoms with van der Waals surface area (Å²) in [6.07, 6.45) is 2.66. The lowest BCUT2D eigenvalue weighted by molar-refractivity contribution is -0.114. The number of nitrogens with zero attached hydrogens (tertiary/aromatic N) is 1. The molecule has 2 aromatic rings. The predicted molar refractivity (Wildman–Crippen MR) is 129 cm³/mol. The quantitative estimate of drug-likeness (QED) is 0.351. The van der Waals surface area contributed by atoms with Gasteiger partial charge in [0, 0.05) is 12.1 Å². The van der Waals surface area contributed by atoms with E-state index in [0.717, 1.165) is 48.3 Å². The highest BCUT2D eigenvalue weighted by molar-refractivity contribution is 6.42. The van der Waals surface area contributed by atoms with E-state index in [4.69, 9.17) is 32.7 Å². The number of halogens is 2. The van der Waals surface area contributed by atoms with Crippen LogP contribution in [0.3, 0.4) is 0 Å². The van der Waals surface area contributed by atoms with Gasteiger partial charge in [0.15, 0.2) is 0 Å². The average Bonchev–Trinajstić information content (AvgIpc) is 2.77. The molecule has 0 amide bonds. The highest BCUT2D eigenvalue weighted by Gasteiger charge is 2.35. The minimum absolute atomic E-state index is 0.132. The van der Waals surface area contributed by atoms with Gasteiger partial charge in [0.05, 0.1) is 29.7 Å². The standard InChI is InChI=1S/C25H33Cl2NO3/c1-17(2)25(16-29,20-8-9-23(26)24(27)14-20)10-7-11-28(4)18(3)19-12-21(30-5)15-22(13-19)31-6/h8-9,12-18H,7,10-11H2,1-6H3. The van der Waals surface area contributed by atoms with E-state index in [9.17, 15) is 4.79 Å². The summed E-state index contributed by atoms with van der Waals surface area (Å²) in [5, 5.41) is 0.972. The largest absolute Gasteiger partial charge is 0.497 e. The molecular weight excluding hydrogens is 433 g/mol. The fourth-order valence-electron chi connectivity index (χ4n) is 3.95. The van der Waals surface area contributed by atoms with E-state index in [1.807, 2.05) is 30.3 Å². The lowest BCUT2D eigenvalue weighted by Gasteiger charge is -2.34. The van der Waals surface area contributed by atoms with Gasteiger partial charge >= 0.3 is 0 Å². The second kappa shape index (κ2) is 11.2. The molecule has 0 saturated heterocycles. The molecule has 0 N–H and O–H groups in total. The zero-order valence-electron chi connectivity index (χ0n) is 19.2. The number of benzene rings is 2. The topological polar surface area (TPSA) is 38.8 Å². The SMILES string of the molecule is COc1cc(OC)cc(C(C)N(C)CCCC(C=O)(c2ccc(Cl)c(Cl)c2)C(C)C)c1. The smallest absolute Gasteiger partial charge is 0.130 e. The monoisotopic (exact) mass is 465 g/mol. The number of carbonyl (C=O) groups excluding carboxylic acids is 1. The molecular formula is C25H33Cl2NO3. The molecule has 0 bridgehead atoms. The van der Waals surface area contributed by atoms with Crippen LogP contribution < -0.4 is 9.47 Å². The highest BCUT2D eigenvalue weighted by Crippen LogP contribution is 2.38. The third-order valence-electron chi connectivity index (χ3n) is 6.32. The Hall–Kier alpha value is -1.75. The van der Waals surface area contributed by atoms with Crippen molar-refractivity contribution in [2.24, 2.45) is 5.92 Å². The van der Waals surface area contributed by atoms with Gasteiger partial charge in [0.2, 0.25) is 0 Å². The fraction of sp³-hybridized carbons (Fsp3) is 0.480. The third-order valence-corrected chi connectivity index (χ3v) is 7.06. The van der Waals surface area contributed by atoms with Crippen LogP contribution in [-0.4, -0.2) is 39.0 Å². The molecule has 0 aliphatic carbocycles. The summed E-state index contributed by atoms with van der Waals surface area (Å²) in [5.74, 6) is 1.68. The molecule has 0 heterocycles. The van der Waals surface area contributed by atoms with E-state index in [1.165, 1.54) is 0 Å². The molecule has 0 aromatic heterocycles. The van der Waals surface area contributed by atoms with Crippen molar-refractivity contribution in [3.05, 3.63) is 57.6 Å². The first-order valence-electron chi connectivity index (χ1n) is 10.5. The predicted octanol–water partition coefficient (Wildman–Crippen LogP) is 6.58. The van der Waals surface area contributed by atoms with Crippen molar-refractivity contribution >= 4 is 29.5 Å². The first kappa shape index (κ1) is 25.5. The van der Waals surface area contributed by atoms with E-state index >= 15 is 0 Å². The van der Waals surface area contributed by atoms with Gasteiger partial charge in [-0.15, -0.1) is 0 Å². The minimum Gasteiger partial charge on any atom is -0.497 e. The van der Waals surface area contributed by atoms with Gasteiger partial charge in [-0.1, -0.05) is 43.1 Å². The number of aldehydes is 1. The zero-order valence-corrected chi connectivity index (χ0v) is 20.8. The van der Waals surface area contributed by atoms with E-state index < -0.39 is 5.41 Å². The van der Waals surface area contributed by atoms with Crippen LogP contribution in [0.4, 0.5) is 0 Å². The Morgan fingerprint density at radius 2 is 1.61 bits per heavy atom. The van der Waals surface area contributed by atoms with E-state index in [-0.39, 0.29) is 12.0 Å². The number of ether oxygens (including phenoxy) is 2. The molecule has 0 aliphatic rings. The Balaban J connectivity index is 2.14. The Morgan fingerprint density at radius 1 is 1.00 bits per heavy atom. The molecule has 2 rings (SSSR count). The first-order valence-corrected chi connectivity index (χ1v) is 11.3. The molecule has 0 radical (unpaired) electrons. The van der Waals surface area contributed by atoms with Gasteiger partial charge in [0.1, 0.15) is 17.8 Å².